The number of sulfone groups is 1. The smallest absolute Gasteiger partial charge is 0.337 e. The lowest BCUT2D eigenvalue weighted by Gasteiger charge is -2.08. The van der Waals surface area contributed by atoms with Gasteiger partial charge in [-0.15, -0.1) is 0 Å². The molecule has 0 fully saturated rings. The van der Waals surface area contributed by atoms with Crippen LogP contribution in [0.3, 0.4) is 0 Å². The number of nitrogens with one attached hydrogen (secondary N) is 1. The van der Waals surface area contributed by atoms with Crippen molar-refractivity contribution < 1.29 is 22.7 Å². The van der Waals surface area contributed by atoms with Crippen molar-refractivity contribution in [1.82, 2.24) is 0 Å². The quantitative estimate of drug-likeness (QED) is 0.848. The molecule has 1 amide bonds. The van der Waals surface area contributed by atoms with Crippen molar-refractivity contribution in [3.8, 4) is 0 Å². The number of carbonyl (C=O) groups is 2. The highest BCUT2D eigenvalue weighted by molar-refractivity contribution is 7.94. The maximum absolute atomic E-state index is 11.8. The third-order valence-electron chi connectivity index (χ3n) is 3.04. The van der Waals surface area contributed by atoms with Crippen LogP contribution in [-0.2, 0) is 19.4 Å². The number of amides is 1. The molecule has 1 heterocycles. The van der Waals surface area contributed by atoms with Crippen LogP contribution < -0.4 is 5.32 Å². The average Bonchev–Trinajstić information content (AvgIpc) is 2.77. The zero-order valence-corrected chi connectivity index (χ0v) is 12.2. The number of esters is 1. The Labute approximate surface area is 122 Å². The Morgan fingerprint density at radius 1 is 1.29 bits per heavy atom. The van der Waals surface area contributed by atoms with Crippen LogP contribution in [0.1, 0.15) is 16.8 Å². The molecule has 0 aromatic heterocycles. The number of allylic oxidation sites excluding steroid dienone is 1. The maximum Gasteiger partial charge on any atom is 0.337 e. The molecule has 0 saturated carbocycles. The zero-order chi connectivity index (χ0) is 15.5. The van der Waals surface area contributed by atoms with Crippen molar-refractivity contribution in [2.45, 2.75) is 6.42 Å². The summed E-state index contributed by atoms with van der Waals surface area (Å²) in [5.41, 5.74) is 0.929. The first-order chi connectivity index (χ1) is 9.89. The molecule has 1 unspecified atom stereocenters. The third kappa shape index (κ3) is 4.16. The zero-order valence-electron chi connectivity index (χ0n) is 11.4. The molecule has 7 heteroatoms. The Hall–Kier alpha value is -2.15. The van der Waals surface area contributed by atoms with Gasteiger partial charge in [0.15, 0.2) is 9.84 Å². The van der Waals surface area contributed by atoms with Crippen LogP contribution >= 0.6 is 0 Å². The summed E-state index contributed by atoms with van der Waals surface area (Å²) in [5, 5.41) is 3.81. The molecule has 0 saturated heterocycles. The standard InChI is InChI=1S/C14H15NO5S/c1-20-14(17)11-2-4-12(5-3-11)15-13(16)8-10-6-7-21(18,19)9-10/h2-7,10H,8-9H2,1H3,(H,15,16). The van der Waals surface area contributed by atoms with E-state index in [9.17, 15) is 18.0 Å². The Balaban J connectivity index is 1.91. The van der Waals surface area contributed by atoms with Gasteiger partial charge in [-0.2, -0.15) is 0 Å². The van der Waals surface area contributed by atoms with Crippen molar-refractivity contribution in [2.75, 3.05) is 18.2 Å². The first kappa shape index (κ1) is 15.2. The molecule has 21 heavy (non-hydrogen) atoms. The van der Waals surface area contributed by atoms with Crippen molar-refractivity contribution >= 4 is 27.4 Å². The predicted molar refractivity (Wildman–Crippen MR) is 77.4 cm³/mol. The summed E-state index contributed by atoms with van der Waals surface area (Å²) in [7, 11) is -1.85. The molecule has 0 spiro atoms. The lowest BCUT2D eigenvalue weighted by molar-refractivity contribution is -0.116. The van der Waals surface area contributed by atoms with E-state index in [-0.39, 0.29) is 24.0 Å². The second-order valence-electron chi connectivity index (χ2n) is 4.74. The summed E-state index contributed by atoms with van der Waals surface area (Å²) in [6, 6.07) is 6.26. The SMILES string of the molecule is COC(=O)c1ccc(NC(=O)CC2C=CS(=O)(=O)C2)cc1. The molecule has 1 atom stereocenters. The van der Waals surface area contributed by atoms with E-state index in [1.165, 1.54) is 13.2 Å². The number of methoxy groups -OCH3 is 1. The highest BCUT2D eigenvalue weighted by Crippen LogP contribution is 2.19. The number of ether oxygens (including phenoxy) is 1. The van der Waals surface area contributed by atoms with Gasteiger partial charge in [0.25, 0.3) is 0 Å². The number of benzene rings is 1. The van der Waals surface area contributed by atoms with Gasteiger partial charge >= 0.3 is 5.97 Å². The van der Waals surface area contributed by atoms with Crippen LogP contribution in [0.5, 0.6) is 0 Å². The van der Waals surface area contributed by atoms with Crippen LogP contribution in [0.2, 0.25) is 0 Å². The molecule has 1 aliphatic heterocycles. The molecular formula is C14H15NO5S. The van der Waals surface area contributed by atoms with Crippen LogP contribution in [0, 0.1) is 5.92 Å². The van der Waals surface area contributed by atoms with E-state index in [2.05, 4.69) is 10.1 Å². The lowest BCUT2D eigenvalue weighted by Crippen LogP contribution is -2.17. The van der Waals surface area contributed by atoms with Crippen molar-refractivity contribution in [1.29, 1.82) is 0 Å². The second kappa shape index (κ2) is 6.09. The summed E-state index contributed by atoms with van der Waals surface area (Å²) >= 11 is 0. The monoisotopic (exact) mass is 309 g/mol. The first-order valence-electron chi connectivity index (χ1n) is 6.29. The number of carbonyl (C=O) groups excluding carboxylic acids is 2. The predicted octanol–water partition coefficient (Wildman–Crippen LogP) is 1.36. The van der Waals surface area contributed by atoms with Crippen LogP contribution in [0.4, 0.5) is 5.69 Å². The minimum atomic E-state index is -3.14. The minimum Gasteiger partial charge on any atom is -0.465 e. The lowest BCUT2D eigenvalue weighted by atomic mass is 10.1. The second-order valence-corrected chi connectivity index (χ2v) is 6.67. The van der Waals surface area contributed by atoms with Gasteiger partial charge in [0.1, 0.15) is 0 Å². The van der Waals surface area contributed by atoms with Gasteiger partial charge in [0.2, 0.25) is 5.91 Å². The molecular weight excluding hydrogens is 294 g/mol. The van der Waals surface area contributed by atoms with E-state index in [4.69, 9.17) is 0 Å². The molecule has 6 nitrogen and oxygen atoms in total. The van der Waals surface area contributed by atoms with Crippen molar-refractivity contribution in [3.05, 3.63) is 41.3 Å². The van der Waals surface area contributed by atoms with E-state index in [0.29, 0.717) is 11.3 Å². The van der Waals surface area contributed by atoms with Gasteiger partial charge in [0, 0.05) is 23.4 Å². The van der Waals surface area contributed by atoms with Gasteiger partial charge in [-0.25, -0.2) is 13.2 Å². The third-order valence-corrected chi connectivity index (χ3v) is 4.51. The minimum absolute atomic E-state index is 0.0261. The van der Waals surface area contributed by atoms with Crippen molar-refractivity contribution in [2.24, 2.45) is 5.92 Å². The van der Waals surface area contributed by atoms with E-state index >= 15 is 0 Å². The maximum atomic E-state index is 11.8. The van der Waals surface area contributed by atoms with Crippen molar-refractivity contribution in [3.63, 3.8) is 0 Å². The van der Waals surface area contributed by atoms with Crippen LogP contribution in [0.15, 0.2) is 35.7 Å². The number of hydrogen-bond acceptors (Lipinski definition) is 5. The molecule has 1 aromatic carbocycles. The number of anilines is 1. The number of rotatable bonds is 4. The van der Waals surface area contributed by atoms with E-state index in [1.54, 1.807) is 24.3 Å². The molecule has 0 radical (unpaired) electrons. The molecule has 1 aliphatic rings. The molecule has 2 rings (SSSR count). The van der Waals surface area contributed by atoms with E-state index < -0.39 is 15.8 Å². The fourth-order valence-corrected chi connectivity index (χ4v) is 3.42. The van der Waals surface area contributed by atoms with E-state index in [0.717, 1.165) is 5.41 Å². The summed E-state index contributed by atoms with van der Waals surface area (Å²) in [6.07, 6.45) is 1.64. The fourth-order valence-electron chi connectivity index (χ4n) is 2.02. The average molecular weight is 309 g/mol. The summed E-state index contributed by atoms with van der Waals surface area (Å²) in [6.45, 7) is 0. The summed E-state index contributed by atoms with van der Waals surface area (Å²) in [5.74, 6) is -1.03. The Kier molecular flexibility index (Phi) is 4.42. The largest absolute Gasteiger partial charge is 0.465 e. The number of hydrogen-bond donors (Lipinski definition) is 1. The van der Waals surface area contributed by atoms with E-state index in [1.807, 2.05) is 0 Å². The van der Waals surface area contributed by atoms with Gasteiger partial charge < -0.3 is 10.1 Å². The topological polar surface area (TPSA) is 89.5 Å². The molecule has 1 N–H and O–H groups in total. The molecule has 1 aromatic rings. The van der Waals surface area contributed by atoms with Gasteiger partial charge in [-0.3, -0.25) is 4.79 Å². The van der Waals surface area contributed by atoms with Gasteiger partial charge in [-0.05, 0) is 24.3 Å². The normalized spacial score (nSPS) is 19.2. The fraction of sp³-hybridized carbons (Fsp3) is 0.286. The summed E-state index contributed by atoms with van der Waals surface area (Å²) < 4.78 is 27.1. The highest BCUT2D eigenvalue weighted by Gasteiger charge is 2.23. The Morgan fingerprint density at radius 2 is 1.95 bits per heavy atom. The molecule has 112 valence electrons. The van der Waals surface area contributed by atoms with Crippen LogP contribution in [0.25, 0.3) is 0 Å². The summed E-state index contributed by atoms with van der Waals surface area (Å²) in [4.78, 5) is 23.1. The Morgan fingerprint density at radius 3 is 2.48 bits per heavy atom. The highest BCUT2D eigenvalue weighted by atomic mass is 32.2. The van der Waals surface area contributed by atoms with Gasteiger partial charge in [0.05, 0.1) is 18.4 Å². The first-order valence-corrected chi connectivity index (χ1v) is 8.00. The van der Waals surface area contributed by atoms with Gasteiger partial charge in [-0.1, -0.05) is 6.08 Å². The molecule has 0 bridgehead atoms. The Bertz CT molecular complexity index is 676. The molecule has 0 aliphatic carbocycles. The van der Waals surface area contributed by atoms with Crippen LogP contribution in [-0.4, -0.2) is 33.2 Å².